The standard InChI is InChI=1S/C18H12ClN3OS/c19-16-7-6-12(9-20-16)10-22-11-21-17-14(18(22)23)8-15(24-17)13-4-2-1-3-5-13/h1-9,11H,10H2. The molecule has 0 spiro atoms. The van der Waals surface area contributed by atoms with Crippen molar-refractivity contribution in [3.05, 3.63) is 82.1 Å². The fourth-order valence-electron chi connectivity index (χ4n) is 2.51. The van der Waals surface area contributed by atoms with Crippen LogP contribution < -0.4 is 5.56 Å². The second-order valence-corrected chi connectivity index (χ2v) is 6.78. The van der Waals surface area contributed by atoms with Crippen molar-refractivity contribution in [1.82, 2.24) is 14.5 Å². The van der Waals surface area contributed by atoms with Crippen molar-refractivity contribution in [3.63, 3.8) is 0 Å². The Kier molecular flexibility index (Phi) is 3.88. The summed E-state index contributed by atoms with van der Waals surface area (Å²) in [5.74, 6) is 0. The summed E-state index contributed by atoms with van der Waals surface area (Å²) in [4.78, 5) is 23.0. The molecule has 0 atom stereocenters. The van der Waals surface area contributed by atoms with Crippen molar-refractivity contribution in [2.45, 2.75) is 6.54 Å². The second kappa shape index (κ2) is 6.19. The SMILES string of the molecule is O=c1c2cc(-c3ccccc3)sc2ncn1Cc1ccc(Cl)nc1. The highest BCUT2D eigenvalue weighted by Gasteiger charge is 2.10. The van der Waals surface area contributed by atoms with Gasteiger partial charge in [-0.25, -0.2) is 9.97 Å². The third-order valence-electron chi connectivity index (χ3n) is 3.72. The lowest BCUT2D eigenvalue weighted by atomic mass is 10.2. The lowest BCUT2D eigenvalue weighted by molar-refractivity contribution is 0.746. The number of aromatic nitrogens is 3. The van der Waals surface area contributed by atoms with Crippen LogP contribution in [0.15, 0.2) is 65.8 Å². The number of hydrogen-bond acceptors (Lipinski definition) is 4. The van der Waals surface area contributed by atoms with Gasteiger partial charge in [0.05, 0.1) is 18.3 Å². The summed E-state index contributed by atoms with van der Waals surface area (Å²) in [5.41, 5.74) is 1.95. The average molecular weight is 354 g/mol. The van der Waals surface area contributed by atoms with Crippen LogP contribution in [-0.4, -0.2) is 14.5 Å². The maximum Gasteiger partial charge on any atom is 0.262 e. The van der Waals surface area contributed by atoms with Crippen LogP contribution in [0.1, 0.15) is 5.56 Å². The Morgan fingerprint density at radius 3 is 2.67 bits per heavy atom. The van der Waals surface area contributed by atoms with Gasteiger partial charge in [-0.15, -0.1) is 11.3 Å². The fourth-order valence-corrected chi connectivity index (χ4v) is 3.62. The third-order valence-corrected chi connectivity index (χ3v) is 5.03. The predicted molar refractivity (Wildman–Crippen MR) is 97.7 cm³/mol. The smallest absolute Gasteiger partial charge is 0.262 e. The van der Waals surface area contributed by atoms with Crippen molar-refractivity contribution >= 4 is 33.2 Å². The first-order valence-corrected chi connectivity index (χ1v) is 8.55. The van der Waals surface area contributed by atoms with Crippen molar-refractivity contribution in [3.8, 4) is 10.4 Å². The van der Waals surface area contributed by atoms with Crippen LogP contribution in [-0.2, 0) is 6.54 Å². The van der Waals surface area contributed by atoms with Crippen molar-refractivity contribution in [1.29, 1.82) is 0 Å². The molecule has 0 aliphatic heterocycles. The molecule has 6 heteroatoms. The zero-order valence-corrected chi connectivity index (χ0v) is 14.1. The highest BCUT2D eigenvalue weighted by Crippen LogP contribution is 2.30. The molecule has 0 radical (unpaired) electrons. The van der Waals surface area contributed by atoms with Gasteiger partial charge in [0.2, 0.25) is 0 Å². The van der Waals surface area contributed by atoms with E-state index in [0.717, 1.165) is 20.8 Å². The monoisotopic (exact) mass is 353 g/mol. The minimum Gasteiger partial charge on any atom is -0.294 e. The molecule has 4 nitrogen and oxygen atoms in total. The summed E-state index contributed by atoms with van der Waals surface area (Å²) in [6.07, 6.45) is 3.26. The van der Waals surface area contributed by atoms with E-state index >= 15 is 0 Å². The molecule has 4 rings (SSSR count). The molecule has 0 aliphatic carbocycles. The summed E-state index contributed by atoms with van der Waals surface area (Å²) in [5, 5.41) is 1.08. The topological polar surface area (TPSA) is 47.8 Å². The Labute approximate surface area is 147 Å². The predicted octanol–water partition coefficient (Wildman–Crippen LogP) is 4.22. The molecule has 0 aliphatic rings. The first-order chi connectivity index (χ1) is 11.7. The van der Waals surface area contributed by atoms with E-state index in [1.165, 1.54) is 11.3 Å². The number of pyridine rings is 1. The van der Waals surface area contributed by atoms with Gasteiger partial charge in [0.25, 0.3) is 5.56 Å². The van der Waals surface area contributed by atoms with Gasteiger partial charge in [-0.05, 0) is 23.3 Å². The van der Waals surface area contributed by atoms with E-state index in [9.17, 15) is 4.79 Å². The minimum atomic E-state index is -0.0478. The van der Waals surface area contributed by atoms with Crippen molar-refractivity contribution in [2.75, 3.05) is 0 Å². The van der Waals surface area contributed by atoms with E-state index < -0.39 is 0 Å². The lowest BCUT2D eigenvalue weighted by Gasteiger charge is -2.04. The van der Waals surface area contributed by atoms with Crippen LogP contribution in [0, 0.1) is 0 Å². The molecule has 0 unspecified atom stereocenters. The van der Waals surface area contributed by atoms with E-state index in [0.29, 0.717) is 17.1 Å². The van der Waals surface area contributed by atoms with Gasteiger partial charge in [0, 0.05) is 11.1 Å². The van der Waals surface area contributed by atoms with Gasteiger partial charge in [0.15, 0.2) is 0 Å². The third kappa shape index (κ3) is 2.84. The van der Waals surface area contributed by atoms with Gasteiger partial charge >= 0.3 is 0 Å². The summed E-state index contributed by atoms with van der Waals surface area (Å²) in [6, 6.07) is 15.5. The van der Waals surface area contributed by atoms with Gasteiger partial charge in [-0.3, -0.25) is 9.36 Å². The van der Waals surface area contributed by atoms with E-state index in [4.69, 9.17) is 11.6 Å². The number of hydrogen-bond donors (Lipinski definition) is 0. The number of benzene rings is 1. The van der Waals surface area contributed by atoms with Crippen LogP contribution in [0.3, 0.4) is 0 Å². The molecule has 1 aromatic carbocycles. The number of halogens is 1. The van der Waals surface area contributed by atoms with Gasteiger partial charge in [-0.2, -0.15) is 0 Å². The molecule has 0 fully saturated rings. The van der Waals surface area contributed by atoms with E-state index in [-0.39, 0.29) is 5.56 Å². The molecule has 0 saturated carbocycles. The fraction of sp³-hybridized carbons (Fsp3) is 0.0556. The molecule has 0 saturated heterocycles. The highest BCUT2D eigenvalue weighted by atomic mass is 35.5. The molecular formula is C18H12ClN3OS. The molecule has 4 aromatic rings. The molecule has 0 amide bonds. The number of nitrogens with zero attached hydrogens (tertiary/aromatic N) is 3. The van der Waals surface area contributed by atoms with Crippen LogP contribution >= 0.6 is 22.9 Å². The Hall–Kier alpha value is -2.50. The number of fused-ring (bicyclic) bond motifs is 1. The van der Waals surface area contributed by atoms with Gasteiger partial charge < -0.3 is 0 Å². The minimum absolute atomic E-state index is 0.0478. The van der Waals surface area contributed by atoms with Crippen molar-refractivity contribution < 1.29 is 0 Å². The molecule has 0 N–H and O–H groups in total. The highest BCUT2D eigenvalue weighted by molar-refractivity contribution is 7.21. The Morgan fingerprint density at radius 2 is 1.92 bits per heavy atom. The first kappa shape index (κ1) is 15.1. The van der Waals surface area contributed by atoms with E-state index in [1.54, 1.807) is 23.2 Å². The Balaban J connectivity index is 1.75. The van der Waals surface area contributed by atoms with E-state index in [1.807, 2.05) is 42.5 Å². The zero-order chi connectivity index (χ0) is 16.5. The van der Waals surface area contributed by atoms with Crippen LogP contribution in [0.4, 0.5) is 0 Å². The van der Waals surface area contributed by atoms with Gasteiger partial charge in [0.1, 0.15) is 9.98 Å². The van der Waals surface area contributed by atoms with Crippen LogP contribution in [0.5, 0.6) is 0 Å². The normalized spacial score (nSPS) is 11.0. The quantitative estimate of drug-likeness (QED) is 0.518. The maximum absolute atomic E-state index is 12.7. The van der Waals surface area contributed by atoms with Gasteiger partial charge in [-0.1, -0.05) is 48.0 Å². The summed E-state index contributed by atoms with van der Waals surface area (Å²) < 4.78 is 1.59. The van der Waals surface area contributed by atoms with Crippen LogP contribution in [0.2, 0.25) is 5.15 Å². The Bertz CT molecular complexity index is 1060. The Morgan fingerprint density at radius 1 is 1.08 bits per heavy atom. The summed E-state index contributed by atoms with van der Waals surface area (Å²) in [7, 11) is 0. The average Bonchev–Trinajstić information content (AvgIpc) is 3.05. The van der Waals surface area contributed by atoms with Crippen LogP contribution in [0.25, 0.3) is 20.7 Å². The molecule has 118 valence electrons. The van der Waals surface area contributed by atoms with Crippen molar-refractivity contribution in [2.24, 2.45) is 0 Å². The number of thiophene rings is 1. The summed E-state index contributed by atoms with van der Waals surface area (Å²) in [6.45, 7) is 0.419. The largest absolute Gasteiger partial charge is 0.294 e. The maximum atomic E-state index is 12.7. The molecule has 0 bridgehead atoms. The lowest BCUT2D eigenvalue weighted by Crippen LogP contribution is -2.20. The zero-order valence-electron chi connectivity index (χ0n) is 12.5. The summed E-state index contributed by atoms with van der Waals surface area (Å²) >= 11 is 7.32. The number of rotatable bonds is 3. The molecular weight excluding hydrogens is 342 g/mol. The second-order valence-electron chi connectivity index (χ2n) is 5.36. The molecule has 3 heterocycles. The first-order valence-electron chi connectivity index (χ1n) is 7.35. The molecule has 24 heavy (non-hydrogen) atoms. The molecule has 3 aromatic heterocycles. The van der Waals surface area contributed by atoms with E-state index in [2.05, 4.69) is 9.97 Å².